The first-order valence-electron chi connectivity index (χ1n) is 13.8. The Kier molecular flexibility index (Phi) is 15.9. The molecule has 0 aliphatic heterocycles. The standard InChI is InChI=1S/C27H51N5O9/c1-25(2,3)39-22(36)28-14-10-12-18(31-21(34)35)16-20(33)30-17-19(32-24(38)41-27(7,8)9)13-11-15-29-23(37)40-26(4,5)6/h18-19,31H,10-17H2,1-9H3,(H,28,36)(H,29,37)(H,30,33)(H,32,38)(H,34,35)/t18-,19-/m0/s1. The topological polar surface area (TPSA) is 193 Å². The lowest BCUT2D eigenvalue weighted by molar-refractivity contribution is -0.121. The van der Waals surface area contributed by atoms with Crippen molar-refractivity contribution >= 4 is 30.3 Å². The van der Waals surface area contributed by atoms with E-state index in [1.807, 2.05) is 0 Å². The molecule has 14 heteroatoms. The fourth-order valence-electron chi connectivity index (χ4n) is 3.34. The summed E-state index contributed by atoms with van der Waals surface area (Å²) >= 11 is 0. The van der Waals surface area contributed by atoms with Crippen LogP contribution in [0.5, 0.6) is 0 Å². The lowest BCUT2D eigenvalue weighted by atomic mass is 10.1. The molecule has 0 saturated heterocycles. The first-order chi connectivity index (χ1) is 18.6. The van der Waals surface area contributed by atoms with E-state index in [1.165, 1.54) is 0 Å². The van der Waals surface area contributed by atoms with Crippen LogP contribution in [0.25, 0.3) is 0 Å². The van der Waals surface area contributed by atoms with Crippen LogP contribution in [0.4, 0.5) is 19.2 Å². The molecule has 6 N–H and O–H groups in total. The van der Waals surface area contributed by atoms with Gasteiger partial charge in [0.1, 0.15) is 16.8 Å². The Balaban J connectivity index is 4.91. The van der Waals surface area contributed by atoms with E-state index in [-0.39, 0.29) is 26.1 Å². The molecule has 0 heterocycles. The summed E-state index contributed by atoms with van der Waals surface area (Å²) in [4.78, 5) is 59.8. The molecule has 0 radical (unpaired) electrons. The van der Waals surface area contributed by atoms with E-state index in [9.17, 15) is 24.0 Å². The molecular weight excluding hydrogens is 538 g/mol. The van der Waals surface area contributed by atoms with Gasteiger partial charge in [-0.05, 0) is 88.0 Å². The van der Waals surface area contributed by atoms with E-state index in [1.54, 1.807) is 62.3 Å². The summed E-state index contributed by atoms with van der Waals surface area (Å²) in [6.07, 6.45) is -1.62. The van der Waals surface area contributed by atoms with Crippen LogP contribution in [-0.4, -0.2) is 83.9 Å². The van der Waals surface area contributed by atoms with Crippen molar-refractivity contribution < 1.29 is 43.3 Å². The second kappa shape index (κ2) is 17.4. The highest BCUT2D eigenvalue weighted by atomic mass is 16.6. The van der Waals surface area contributed by atoms with Gasteiger partial charge in [-0.1, -0.05) is 0 Å². The van der Waals surface area contributed by atoms with Crippen LogP contribution in [0.2, 0.25) is 0 Å². The molecule has 0 aromatic heterocycles. The normalized spacial score (nSPS) is 13.2. The minimum atomic E-state index is -1.27. The highest BCUT2D eigenvalue weighted by molar-refractivity contribution is 5.77. The predicted octanol–water partition coefficient (Wildman–Crippen LogP) is 3.63. The second-order valence-corrected chi connectivity index (χ2v) is 12.6. The summed E-state index contributed by atoms with van der Waals surface area (Å²) in [6, 6.07) is -1.21. The van der Waals surface area contributed by atoms with E-state index in [0.29, 0.717) is 25.7 Å². The Morgan fingerprint density at radius 1 is 0.610 bits per heavy atom. The van der Waals surface area contributed by atoms with Gasteiger partial charge in [0.25, 0.3) is 0 Å². The van der Waals surface area contributed by atoms with Crippen LogP contribution in [0, 0.1) is 0 Å². The number of carbonyl (C=O) groups is 5. The van der Waals surface area contributed by atoms with Crippen LogP contribution in [-0.2, 0) is 19.0 Å². The Labute approximate surface area is 243 Å². The lowest BCUT2D eigenvalue weighted by Gasteiger charge is -2.24. The third kappa shape index (κ3) is 24.1. The average Bonchev–Trinajstić information content (AvgIpc) is 2.73. The molecule has 5 amide bonds. The molecule has 0 rings (SSSR count). The largest absolute Gasteiger partial charge is 0.465 e. The number of alkyl carbamates (subject to hydrolysis) is 3. The van der Waals surface area contributed by atoms with Crippen molar-refractivity contribution in [3.05, 3.63) is 0 Å². The van der Waals surface area contributed by atoms with E-state index in [2.05, 4.69) is 26.6 Å². The van der Waals surface area contributed by atoms with Crippen molar-refractivity contribution in [2.45, 2.75) is 123 Å². The van der Waals surface area contributed by atoms with Gasteiger partial charge in [-0.2, -0.15) is 0 Å². The summed E-state index contributed by atoms with van der Waals surface area (Å²) in [5, 5.41) is 22.2. The van der Waals surface area contributed by atoms with Gasteiger partial charge in [-0.3, -0.25) is 4.79 Å². The van der Waals surface area contributed by atoms with Gasteiger partial charge in [0.2, 0.25) is 5.91 Å². The van der Waals surface area contributed by atoms with Crippen LogP contribution in [0.15, 0.2) is 0 Å². The monoisotopic (exact) mass is 589 g/mol. The van der Waals surface area contributed by atoms with Crippen molar-refractivity contribution in [2.75, 3.05) is 19.6 Å². The third-order valence-corrected chi connectivity index (χ3v) is 4.82. The van der Waals surface area contributed by atoms with Gasteiger partial charge in [0.05, 0.1) is 0 Å². The molecule has 0 bridgehead atoms. The first-order valence-corrected chi connectivity index (χ1v) is 13.8. The molecule has 0 unspecified atom stereocenters. The number of carbonyl (C=O) groups excluding carboxylic acids is 4. The molecule has 0 aromatic carbocycles. The molecule has 14 nitrogen and oxygen atoms in total. The fourth-order valence-corrected chi connectivity index (χ4v) is 3.34. The van der Waals surface area contributed by atoms with Crippen LogP contribution < -0.4 is 26.6 Å². The van der Waals surface area contributed by atoms with Crippen LogP contribution in [0.3, 0.4) is 0 Å². The number of rotatable bonds is 14. The number of ether oxygens (including phenoxy) is 3. The zero-order valence-corrected chi connectivity index (χ0v) is 26.0. The van der Waals surface area contributed by atoms with Crippen molar-refractivity contribution in [3.63, 3.8) is 0 Å². The van der Waals surface area contributed by atoms with E-state index < -0.39 is 59.2 Å². The van der Waals surface area contributed by atoms with Crippen molar-refractivity contribution in [1.82, 2.24) is 26.6 Å². The second-order valence-electron chi connectivity index (χ2n) is 12.6. The molecule has 0 aliphatic rings. The number of hydrogen-bond donors (Lipinski definition) is 6. The maximum Gasteiger partial charge on any atom is 0.407 e. The van der Waals surface area contributed by atoms with Gasteiger partial charge < -0.3 is 45.9 Å². The molecule has 2 atom stereocenters. The molecular formula is C27H51N5O9. The lowest BCUT2D eigenvalue weighted by Crippen LogP contribution is -2.47. The summed E-state index contributed by atoms with van der Waals surface area (Å²) in [7, 11) is 0. The molecule has 238 valence electrons. The molecule has 0 fully saturated rings. The Morgan fingerprint density at radius 3 is 1.44 bits per heavy atom. The summed E-state index contributed by atoms with van der Waals surface area (Å²) in [5.74, 6) is -0.424. The summed E-state index contributed by atoms with van der Waals surface area (Å²) < 4.78 is 15.7. The van der Waals surface area contributed by atoms with Gasteiger partial charge >= 0.3 is 24.4 Å². The first kappa shape index (κ1) is 37.6. The number of hydrogen-bond acceptors (Lipinski definition) is 8. The summed E-state index contributed by atoms with van der Waals surface area (Å²) in [5.41, 5.74) is -1.98. The smallest absolute Gasteiger partial charge is 0.407 e. The summed E-state index contributed by atoms with van der Waals surface area (Å²) in [6.45, 7) is 16.3. The zero-order chi connectivity index (χ0) is 31.9. The van der Waals surface area contributed by atoms with E-state index >= 15 is 0 Å². The third-order valence-electron chi connectivity index (χ3n) is 4.82. The average molecular weight is 590 g/mol. The molecule has 0 aromatic rings. The molecule has 0 spiro atoms. The minimum Gasteiger partial charge on any atom is -0.465 e. The highest BCUT2D eigenvalue weighted by Crippen LogP contribution is 2.10. The van der Waals surface area contributed by atoms with Gasteiger partial charge in [-0.25, -0.2) is 19.2 Å². The minimum absolute atomic E-state index is 0.0600. The number of carboxylic acid groups (broad SMARTS) is 1. The van der Waals surface area contributed by atoms with Crippen LogP contribution >= 0.6 is 0 Å². The van der Waals surface area contributed by atoms with Crippen molar-refractivity contribution in [1.29, 1.82) is 0 Å². The van der Waals surface area contributed by atoms with Crippen LogP contribution in [0.1, 0.15) is 94.4 Å². The van der Waals surface area contributed by atoms with Gasteiger partial charge in [0.15, 0.2) is 0 Å². The fraction of sp³-hybridized carbons (Fsp3) is 0.815. The highest BCUT2D eigenvalue weighted by Gasteiger charge is 2.22. The zero-order valence-electron chi connectivity index (χ0n) is 26.0. The van der Waals surface area contributed by atoms with E-state index in [0.717, 1.165) is 0 Å². The molecule has 0 saturated carbocycles. The Morgan fingerprint density at radius 2 is 1.02 bits per heavy atom. The number of amides is 5. The number of nitrogens with one attached hydrogen (secondary N) is 5. The van der Waals surface area contributed by atoms with E-state index in [4.69, 9.17) is 19.3 Å². The quantitative estimate of drug-likeness (QED) is 0.130. The van der Waals surface area contributed by atoms with Gasteiger partial charge in [-0.15, -0.1) is 0 Å². The molecule has 0 aliphatic carbocycles. The predicted molar refractivity (Wildman–Crippen MR) is 153 cm³/mol. The van der Waals surface area contributed by atoms with Crippen molar-refractivity contribution in [2.24, 2.45) is 0 Å². The molecule has 41 heavy (non-hydrogen) atoms. The van der Waals surface area contributed by atoms with Gasteiger partial charge in [0, 0.05) is 38.1 Å². The van der Waals surface area contributed by atoms with Crippen molar-refractivity contribution in [3.8, 4) is 0 Å². The SMILES string of the molecule is CC(C)(C)OC(=O)NCCC[C@@H](CC(=O)NC[C@H](CCCNC(=O)OC(C)(C)C)NC(=O)OC(C)(C)C)NC(=O)O. The maximum absolute atomic E-state index is 12.7. The Hall–Kier alpha value is -3.45. The maximum atomic E-state index is 12.7. The Bertz CT molecular complexity index is 861.